The zero-order chi connectivity index (χ0) is 15.7. The smallest absolute Gasteiger partial charge is 0.202 e. The van der Waals surface area contributed by atoms with Crippen LogP contribution < -0.4 is 0 Å². The number of fused-ring (bicyclic) bond motifs is 1. The molecular formula is C16H11Cl3N2O. The molecule has 1 heterocycles. The third-order valence-electron chi connectivity index (χ3n) is 3.24. The summed E-state index contributed by atoms with van der Waals surface area (Å²) in [5.41, 5.74) is 2.86. The quantitative estimate of drug-likeness (QED) is 0.740. The highest BCUT2D eigenvalue weighted by Gasteiger charge is 2.23. The molecule has 0 aromatic heterocycles. The zero-order valence-corrected chi connectivity index (χ0v) is 13.8. The Morgan fingerprint density at radius 3 is 2.50 bits per heavy atom. The second-order valence-electron chi connectivity index (χ2n) is 4.64. The Hall–Kier alpha value is -1.39. The summed E-state index contributed by atoms with van der Waals surface area (Å²) in [6, 6.07) is 12.8. The molecule has 0 saturated heterocycles. The van der Waals surface area contributed by atoms with Crippen LogP contribution in [0.5, 0.6) is 0 Å². The summed E-state index contributed by atoms with van der Waals surface area (Å²) in [5, 5.41) is 1.42. The molecule has 2 aromatic carbocycles. The molecule has 3 nitrogen and oxygen atoms in total. The van der Waals surface area contributed by atoms with Gasteiger partial charge in [-0.05, 0) is 24.3 Å². The van der Waals surface area contributed by atoms with E-state index in [-0.39, 0.29) is 5.17 Å². The summed E-state index contributed by atoms with van der Waals surface area (Å²) in [7, 11) is 1.53. The lowest BCUT2D eigenvalue weighted by Crippen LogP contribution is -2.17. The number of hydrogen-bond donors (Lipinski definition) is 0. The molecule has 22 heavy (non-hydrogen) atoms. The van der Waals surface area contributed by atoms with Crippen LogP contribution in [0.2, 0.25) is 10.0 Å². The molecule has 1 atom stereocenters. The largest absolute Gasteiger partial charge is 0.353 e. The highest BCUT2D eigenvalue weighted by Crippen LogP contribution is 2.32. The van der Waals surface area contributed by atoms with Gasteiger partial charge in [0.05, 0.1) is 11.4 Å². The molecule has 0 aliphatic carbocycles. The van der Waals surface area contributed by atoms with Crippen LogP contribution in [-0.2, 0) is 4.74 Å². The van der Waals surface area contributed by atoms with E-state index in [1.165, 1.54) is 7.11 Å². The van der Waals surface area contributed by atoms with Gasteiger partial charge in [0.2, 0.25) is 6.23 Å². The van der Waals surface area contributed by atoms with Crippen molar-refractivity contribution in [2.24, 2.45) is 9.98 Å². The molecule has 2 aromatic rings. The second-order valence-corrected chi connectivity index (χ2v) is 5.87. The van der Waals surface area contributed by atoms with Gasteiger partial charge in [0, 0.05) is 28.3 Å². The van der Waals surface area contributed by atoms with Gasteiger partial charge in [-0.1, -0.05) is 53.0 Å². The maximum atomic E-state index is 6.32. The molecule has 1 aliphatic rings. The summed E-state index contributed by atoms with van der Waals surface area (Å²) in [6.45, 7) is 0. The van der Waals surface area contributed by atoms with E-state index in [4.69, 9.17) is 39.5 Å². The summed E-state index contributed by atoms with van der Waals surface area (Å²) >= 11 is 18.6. The predicted molar refractivity (Wildman–Crippen MR) is 92.3 cm³/mol. The fourth-order valence-corrected chi connectivity index (χ4v) is 2.85. The van der Waals surface area contributed by atoms with Gasteiger partial charge in [0.25, 0.3) is 0 Å². The van der Waals surface area contributed by atoms with Crippen molar-refractivity contribution in [2.45, 2.75) is 6.23 Å². The van der Waals surface area contributed by atoms with Crippen molar-refractivity contribution in [2.75, 3.05) is 7.11 Å². The molecule has 0 saturated carbocycles. The number of hydrogen-bond acceptors (Lipinski definition) is 3. The molecule has 0 spiro atoms. The van der Waals surface area contributed by atoms with Crippen molar-refractivity contribution in [1.82, 2.24) is 0 Å². The lowest BCUT2D eigenvalue weighted by Gasteiger charge is -2.12. The van der Waals surface area contributed by atoms with Gasteiger partial charge >= 0.3 is 0 Å². The molecule has 0 bridgehead atoms. The minimum Gasteiger partial charge on any atom is -0.353 e. The Labute approximate surface area is 143 Å². The van der Waals surface area contributed by atoms with E-state index in [9.17, 15) is 0 Å². The van der Waals surface area contributed by atoms with Gasteiger partial charge in [-0.3, -0.25) is 0 Å². The highest BCUT2D eigenvalue weighted by atomic mass is 35.5. The molecule has 0 radical (unpaired) electrons. The summed E-state index contributed by atoms with van der Waals surface area (Å²) in [5.74, 6) is 0. The van der Waals surface area contributed by atoms with Crippen LogP contribution in [-0.4, -0.2) is 24.2 Å². The Morgan fingerprint density at radius 2 is 1.77 bits per heavy atom. The third kappa shape index (κ3) is 2.90. The first-order chi connectivity index (χ1) is 10.6. The van der Waals surface area contributed by atoms with Crippen molar-refractivity contribution in [1.29, 1.82) is 0 Å². The highest BCUT2D eigenvalue weighted by molar-refractivity contribution is 6.67. The number of aliphatic imine (C=N–C) groups is 2. The topological polar surface area (TPSA) is 34.0 Å². The van der Waals surface area contributed by atoms with Crippen molar-refractivity contribution >= 4 is 51.4 Å². The fraction of sp³-hybridized carbons (Fsp3) is 0.125. The molecule has 0 amide bonds. The first-order valence-corrected chi connectivity index (χ1v) is 7.63. The number of benzene rings is 2. The van der Waals surface area contributed by atoms with Crippen molar-refractivity contribution in [3.8, 4) is 0 Å². The van der Waals surface area contributed by atoms with Crippen molar-refractivity contribution in [3.05, 3.63) is 63.6 Å². The van der Waals surface area contributed by atoms with Gasteiger partial charge < -0.3 is 4.74 Å². The maximum Gasteiger partial charge on any atom is 0.202 e. The van der Waals surface area contributed by atoms with E-state index < -0.39 is 6.23 Å². The third-order valence-corrected chi connectivity index (χ3v) is 4.08. The van der Waals surface area contributed by atoms with Gasteiger partial charge in [0.1, 0.15) is 0 Å². The summed E-state index contributed by atoms with van der Waals surface area (Å²) in [6.07, 6.45) is -0.681. The van der Waals surface area contributed by atoms with E-state index >= 15 is 0 Å². The number of ether oxygens (including phenoxy) is 1. The average molecular weight is 354 g/mol. The lowest BCUT2D eigenvalue weighted by molar-refractivity contribution is 0.166. The molecular weight excluding hydrogens is 343 g/mol. The molecule has 6 heteroatoms. The molecule has 1 unspecified atom stereocenters. The molecule has 0 fully saturated rings. The zero-order valence-electron chi connectivity index (χ0n) is 11.6. The molecule has 0 N–H and O–H groups in total. The SMILES string of the molecule is COC1N=C(c2ccccc2Cl)c2cc(Cl)ccc2N=C1Cl. The Morgan fingerprint density at radius 1 is 1.00 bits per heavy atom. The molecule has 1 aliphatic heterocycles. The van der Waals surface area contributed by atoms with Crippen LogP contribution >= 0.6 is 34.8 Å². The first kappa shape index (κ1) is 15.5. The van der Waals surface area contributed by atoms with Gasteiger partial charge in [-0.25, -0.2) is 9.98 Å². The average Bonchev–Trinajstić information content (AvgIpc) is 2.64. The number of nitrogens with zero attached hydrogens (tertiary/aromatic N) is 2. The van der Waals surface area contributed by atoms with Gasteiger partial charge in [-0.2, -0.15) is 0 Å². The van der Waals surface area contributed by atoms with Crippen LogP contribution in [0.1, 0.15) is 11.1 Å². The summed E-state index contributed by atoms with van der Waals surface area (Å²) < 4.78 is 5.31. The Balaban J connectivity index is 2.28. The first-order valence-electron chi connectivity index (χ1n) is 6.49. The fourth-order valence-electron chi connectivity index (χ4n) is 2.22. The van der Waals surface area contributed by atoms with Crippen LogP contribution in [0.25, 0.3) is 0 Å². The van der Waals surface area contributed by atoms with Crippen LogP contribution in [0.15, 0.2) is 52.4 Å². The summed E-state index contributed by atoms with van der Waals surface area (Å²) in [4.78, 5) is 8.96. The minimum absolute atomic E-state index is 0.258. The normalized spacial score (nSPS) is 17.4. The standard InChI is InChI=1S/C16H11Cl3N2O/c1-22-16-15(19)20-13-7-6-9(17)8-11(13)14(21-16)10-4-2-3-5-12(10)18/h2-8,16H,1H3. The Kier molecular flexibility index (Phi) is 4.50. The van der Waals surface area contributed by atoms with E-state index in [1.807, 2.05) is 18.2 Å². The van der Waals surface area contributed by atoms with Gasteiger partial charge in [0.15, 0.2) is 5.17 Å². The minimum atomic E-state index is -0.681. The van der Waals surface area contributed by atoms with Crippen molar-refractivity contribution < 1.29 is 4.74 Å². The van der Waals surface area contributed by atoms with E-state index in [0.717, 1.165) is 11.1 Å². The second kappa shape index (κ2) is 6.39. The van der Waals surface area contributed by atoms with Gasteiger partial charge in [-0.15, -0.1) is 0 Å². The maximum absolute atomic E-state index is 6.32. The Bertz CT molecular complexity index is 787. The predicted octanol–water partition coefficient (Wildman–Crippen LogP) is 5.09. The number of rotatable bonds is 2. The van der Waals surface area contributed by atoms with E-state index in [1.54, 1.807) is 24.3 Å². The van der Waals surface area contributed by atoms with Crippen LogP contribution in [0.4, 0.5) is 5.69 Å². The molecule has 3 rings (SSSR count). The monoisotopic (exact) mass is 352 g/mol. The van der Waals surface area contributed by atoms with E-state index in [0.29, 0.717) is 21.4 Å². The lowest BCUT2D eigenvalue weighted by atomic mass is 10.0. The van der Waals surface area contributed by atoms with Crippen LogP contribution in [0.3, 0.4) is 0 Å². The number of methoxy groups -OCH3 is 1. The van der Waals surface area contributed by atoms with Crippen molar-refractivity contribution in [3.63, 3.8) is 0 Å². The van der Waals surface area contributed by atoms with Crippen LogP contribution in [0, 0.1) is 0 Å². The molecule has 112 valence electrons. The number of halogens is 3. The van der Waals surface area contributed by atoms with E-state index in [2.05, 4.69) is 9.98 Å².